The number of sulfonamides is 1. The predicted molar refractivity (Wildman–Crippen MR) is 70.2 cm³/mol. The van der Waals surface area contributed by atoms with Crippen LogP contribution in [0.3, 0.4) is 0 Å². The minimum absolute atomic E-state index is 0.115. The van der Waals surface area contributed by atoms with Crippen LogP contribution < -0.4 is 5.73 Å². The molecular weight excluding hydrogens is 258 g/mol. The molecule has 7 heteroatoms. The Morgan fingerprint density at radius 2 is 2.06 bits per heavy atom. The van der Waals surface area contributed by atoms with Crippen LogP contribution in [0, 0.1) is 0 Å². The van der Waals surface area contributed by atoms with Gasteiger partial charge in [-0.1, -0.05) is 12.2 Å². The van der Waals surface area contributed by atoms with E-state index < -0.39 is 10.0 Å². The second-order valence-corrected chi connectivity index (χ2v) is 6.30. The van der Waals surface area contributed by atoms with E-state index in [0.717, 1.165) is 0 Å². The maximum absolute atomic E-state index is 12.1. The van der Waals surface area contributed by atoms with Crippen LogP contribution in [0.15, 0.2) is 23.2 Å². The smallest absolute Gasteiger partial charge is 0.244 e. The van der Waals surface area contributed by atoms with E-state index in [9.17, 15) is 8.42 Å². The van der Waals surface area contributed by atoms with Gasteiger partial charge in [0.15, 0.2) is 0 Å². The van der Waals surface area contributed by atoms with Crippen molar-refractivity contribution in [3.63, 3.8) is 0 Å². The number of rotatable bonds is 4. The molecule has 1 rings (SSSR count). The van der Waals surface area contributed by atoms with Gasteiger partial charge in [0.1, 0.15) is 9.88 Å². The Hall–Kier alpha value is -1.05. The molecule has 1 aromatic heterocycles. The summed E-state index contributed by atoms with van der Waals surface area (Å²) in [4.78, 5) is 4.19. The molecule has 0 atom stereocenters. The summed E-state index contributed by atoms with van der Waals surface area (Å²) < 4.78 is 25.4. The fraction of sp³-hybridized carbons (Fsp3) is 0.400. The SMILES string of the molecule is CC(C)N(C)S(=O)(=O)c1ccc(C(N)=S)nc1. The summed E-state index contributed by atoms with van der Waals surface area (Å²) in [5.41, 5.74) is 5.80. The van der Waals surface area contributed by atoms with Crippen molar-refractivity contribution in [2.45, 2.75) is 24.8 Å². The summed E-state index contributed by atoms with van der Waals surface area (Å²) >= 11 is 4.75. The number of hydrogen-bond acceptors (Lipinski definition) is 4. The Kier molecular flexibility index (Phi) is 4.18. The van der Waals surface area contributed by atoms with Crippen LogP contribution in [0.2, 0.25) is 0 Å². The lowest BCUT2D eigenvalue weighted by Crippen LogP contribution is -2.33. The molecular formula is C10H15N3O2S2. The fourth-order valence-electron chi connectivity index (χ4n) is 1.12. The first-order chi connectivity index (χ1) is 7.76. The number of hydrogen-bond donors (Lipinski definition) is 1. The molecule has 1 heterocycles. The van der Waals surface area contributed by atoms with Crippen molar-refractivity contribution in [1.82, 2.24) is 9.29 Å². The van der Waals surface area contributed by atoms with Crippen molar-refractivity contribution in [3.8, 4) is 0 Å². The summed E-state index contributed by atoms with van der Waals surface area (Å²) in [5, 5.41) is 0. The Bertz CT molecular complexity index is 509. The molecule has 0 aliphatic heterocycles. The molecule has 0 spiro atoms. The van der Waals surface area contributed by atoms with Crippen LogP contribution in [-0.2, 0) is 10.0 Å². The van der Waals surface area contributed by atoms with Gasteiger partial charge in [-0.15, -0.1) is 0 Å². The maximum Gasteiger partial charge on any atom is 0.244 e. The number of pyridine rings is 1. The first-order valence-corrected chi connectivity index (χ1v) is 6.85. The molecule has 0 aliphatic carbocycles. The van der Waals surface area contributed by atoms with Crippen molar-refractivity contribution in [2.24, 2.45) is 5.73 Å². The lowest BCUT2D eigenvalue weighted by atomic mass is 10.3. The van der Waals surface area contributed by atoms with Gasteiger partial charge in [-0.25, -0.2) is 8.42 Å². The average Bonchev–Trinajstić information content (AvgIpc) is 2.27. The van der Waals surface area contributed by atoms with Gasteiger partial charge in [0.25, 0.3) is 0 Å². The van der Waals surface area contributed by atoms with E-state index in [1.165, 1.54) is 29.7 Å². The highest BCUT2D eigenvalue weighted by Gasteiger charge is 2.23. The minimum atomic E-state index is -3.49. The quantitative estimate of drug-likeness (QED) is 0.819. The Balaban J connectivity index is 3.13. The van der Waals surface area contributed by atoms with E-state index >= 15 is 0 Å². The maximum atomic E-state index is 12.1. The van der Waals surface area contributed by atoms with Gasteiger partial charge in [-0.3, -0.25) is 4.98 Å². The molecule has 0 saturated heterocycles. The van der Waals surface area contributed by atoms with Crippen LogP contribution >= 0.6 is 12.2 Å². The Morgan fingerprint density at radius 3 is 2.41 bits per heavy atom. The number of nitrogens with two attached hydrogens (primary N) is 1. The normalized spacial score (nSPS) is 12.1. The monoisotopic (exact) mass is 273 g/mol. The molecule has 0 bridgehead atoms. The second kappa shape index (κ2) is 5.07. The molecule has 94 valence electrons. The first kappa shape index (κ1) is 14.0. The molecule has 17 heavy (non-hydrogen) atoms. The largest absolute Gasteiger partial charge is 0.388 e. The predicted octanol–water partition coefficient (Wildman–Crippen LogP) is 0.745. The number of aromatic nitrogens is 1. The van der Waals surface area contributed by atoms with Gasteiger partial charge in [-0.2, -0.15) is 4.31 Å². The minimum Gasteiger partial charge on any atom is -0.388 e. The van der Waals surface area contributed by atoms with Crippen molar-refractivity contribution in [3.05, 3.63) is 24.0 Å². The average molecular weight is 273 g/mol. The zero-order chi connectivity index (χ0) is 13.2. The molecule has 0 aromatic carbocycles. The van der Waals surface area contributed by atoms with Crippen LogP contribution in [0.25, 0.3) is 0 Å². The molecule has 5 nitrogen and oxygen atoms in total. The zero-order valence-corrected chi connectivity index (χ0v) is 11.5. The third-order valence-electron chi connectivity index (χ3n) is 2.39. The van der Waals surface area contributed by atoms with Gasteiger partial charge in [0, 0.05) is 19.3 Å². The molecule has 0 fully saturated rings. The van der Waals surface area contributed by atoms with Crippen molar-refractivity contribution >= 4 is 27.2 Å². The molecule has 0 radical (unpaired) electrons. The molecule has 0 unspecified atom stereocenters. The van der Waals surface area contributed by atoms with Crippen LogP contribution in [0.4, 0.5) is 0 Å². The molecule has 0 amide bonds. The highest BCUT2D eigenvalue weighted by Crippen LogP contribution is 2.15. The highest BCUT2D eigenvalue weighted by molar-refractivity contribution is 7.89. The Morgan fingerprint density at radius 1 is 1.47 bits per heavy atom. The van der Waals surface area contributed by atoms with Gasteiger partial charge in [-0.05, 0) is 26.0 Å². The van der Waals surface area contributed by atoms with Gasteiger partial charge < -0.3 is 5.73 Å². The molecule has 0 saturated carbocycles. The van der Waals surface area contributed by atoms with Crippen molar-refractivity contribution < 1.29 is 8.42 Å². The van der Waals surface area contributed by atoms with Crippen LogP contribution in [0.5, 0.6) is 0 Å². The van der Waals surface area contributed by atoms with Gasteiger partial charge >= 0.3 is 0 Å². The van der Waals surface area contributed by atoms with E-state index in [2.05, 4.69) is 4.98 Å². The molecule has 2 N–H and O–H groups in total. The van der Waals surface area contributed by atoms with Gasteiger partial charge in [0.2, 0.25) is 10.0 Å². The Labute approximate surface area is 107 Å². The molecule has 1 aromatic rings. The summed E-state index contributed by atoms with van der Waals surface area (Å²) in [6.07, 6.45) is 1.27. The van der Waals surface area contributed by atoms with E-state index in [0.29, 0.717) is 5.69 Å². The van der Waals surface area contributed by atoms with E-state index in [1.54, 1.807) is 13.8 Å². The number of nitrogens with zero attached hydrogens (tertiary/aromatic N) is 2. The summed E-state index contributed by atoms with van der Waals surface area (Å²) in [7, 11) is -1.96. The van der Waals surface area contributed by atoms with Crippen LogP contribution in [-0.4, -0.2) is 35.8 Å². The molecule has 0 aliphatic rings. The van der Waals surface area contributed by atoms with Crippen LogP contribution in [0.1, 0.15) is 19.5 Å². The van der Waals surface area contributed by atoms with E-state index in [-0.39, 0.29) is 15.9 Å². The van der Waals surface area contributed by atoms with Gasteiger partial charge in [0.05, 0.1) is 5.69 Å². The summed E-state index contributed by atoms with van der Waals surface area (Å²) in [5.74, 6) is 0. The highest BCUT2D eigenvalue weighted by atomic mass is 32.2. The second-order valence-electron chi connectivity index (χ2n) is 3.86. The number of thiocarbonyl (C=S) groups is 1. The lowest BCUT2D eigenvalue weighted by Gasteiger charge is -2.20. The topological polar surface area (TPSA) is 76.3 Å². The van der Waals surface area contributed by atoms with Crippen molar-refractivity contribution in [1.29, 1.82) is 0 Å². The lowest BCUT2D eigenvalue weighted by molar-refractivity contribution is 0.410. The summed E-state index contributed by atoms with van der Waals surface area (Å²) in [6, 6.07) is 2.84. The summed E-state index contributed by atoms with van der Waals surface area (Å²) in [6.45, 7) is 3.60. The standard InChI is InChI=1S/C10H15N3O2S2/c1-7(2)13(3)17(14,15)8-4-5-9(10(11)16)12-6-8/h4-7H,1-3H3,(H2,11,16). The zero-order valence-electron chi connectivity index (χ0n) is 9.91. The third kappa shape index (κ3) is 2.99. The van der Waals surface area contributed by atoms with Crippen molar-refractivity contribution in [2.75, 3.05) is 7.05 Å². The van der Waals surface area contributed by atoms with E-state index in [4.69, 9.17) is 18.0 Å². The van der Waals surface area contributed by atoms with E-state index in [1.807, 2.05) is 0 Å². The third-order valence-corrected chi connectivity index (χ3v) is 4.62. The fourth-order valence-corrected chi connectivity index (χ4v) is 2.56. The first-order valence-electron chi connectivity index (χ1n) is 5.00.